The van der Waals surface area contributed by atoms with Crippen molar-refractivity contribution in [1.82, 2.24) is 15.1 Å². The van der Waals surface area contributed by atoms with E-state index in [0.717, 1.165) is 42.9 Å². The Bertz CT molecular complexity index is 805. The molecule has 0 radical (unpaired) electrons. The summed E-state index contributed by atoms with van der Waals surface area (Å²) < 4.78 is 7.08. The van der Waals surface area contributed by atoms with Crippen molar-refractivity contribution in [3.63, 3.8) is 0 Å². The van der Waals surface area contributed by atoms with Crippen LogP contribution in [-0.2, 0) is 17.7 Å². The summed E-state index contributed by atoms with van der Waals surface area (Å²) in [4.78, 5) is 11.7. The van der Waals surface area contributed by atoms with Gasteiger partial charge in [-0.2, -0.15) is 5.10 Å². The lowest BCUT2D eigenvalue weighted by molar-refractivity contribution is 0.142. The Morgan fingerprint density at radius 3 is 3.07 bits per heavy atom. The molecule has 6 nitrogen and oxygen atoms in total. The maximum absolute atomic E-state index is 11.7. The van der Waals surface area contributed by atoms with Crippen LogP contribution < -0.4 is 10.6 Å². The molecule has 2 aromatic rings. The third kappa shape index (κ3) is 5.52. The van der Waals surface area contributed by atoms with Crippen LogP contribution in [0.3, 0.4) is 0 Å². The van der Waals surface area contributed by atoms with E-state index in [1.54, 1.807) is 0 Å². The molecule has 1 aliphatic rings. The van der Waals surface area contributed by atoms with E-state index in [2.05, 4.69) is 34.5 Å². The number of fused-ring (bicyclic) bond motifs is 1. The first-order valence-corrected chi connectivity index (χ1v) is 9.49. The standard InChI is InChI=1S/C21H26N4O2/c1-2-3-12-27-21(26)23-14-18-13-22-20-19(15-24-25(20)16-18)11-7-10-17-8-5-4-6-9-17/h4-6,8-9,15,18,22H,2-3,11-14,16H2,1H3,(H,23,26). The average molecular weight is 366 g/mol. The number of hydrogen-bond acceptors (Lipinski definition) is 4. The third-order valence-electron chi connectivity index (χ3n) is 4.46. The molecule has 0 saturated heterocycles. The molecule has 0 fully saturated rings. The van der Waals surface area contributed by atoms with Gasteiger partial charge in [0, 0.05) is 43.1 Å². The van der Waals surface area contributed by atoms with Crippen molar-refractivity contribution in [2.24, 2.45) is 5.92 Å². The van der Waals surface area contributed by atoms with Crippen LogP contribution in [0.15, 0.2) is 36.5 Å². The quantitative estimate of drug-likeness (QED) is 0.609. The van der Waals surface area contributed by atoms with Gasteiger partial charge in [0.25, 0.3) is 0 Å². The van der Waals surface area contributed by atoms with Crippen LogP contribution in [0.5, 0.6) is 0 Å². The number of carbonyl (C=O) groups is 1. The minimum atomic E-state index is -0.341. The van der Waals surface area contributed by atoms with Crippen LogP contribution in [-0.4, -0.2) is 35.6 Å². The van der Waals surface area contributed by atoms with Gasteiger partial charge >= 0.3 is 6.09 Å². The molecule has 27 heavy (non-hydrogen) atoms. The molecule has 0 spiro atoms. The van der Waals surface area contributed by atoms with Gasteiger partial charge in [0.2, 0.25) is 0 Å². The minimum Gasteiger partial charge on any atom is -0.450 e. The Labute approximate surface area is 160 Å². The van der Waals surface area contributed by atoms with Crippen LogP contribution >= 0.6 is 0 Å². The fraction of sp³-hybridized carbons (Fsp3) is 0.429. The lowest BCUT2D eigenvalue weighted by atomic mass is 10.1. The van der Waals surface area contributed by atoms with E-state index >= 15 is 0 Å². The molecule has 1 aromatic heterocycles. The third-order valence-corrected chi connectivity index (χ3v) is 4.46. The van der Waals surface area contributed by atoms with E-state index < -0.39 is 0 Å². The summed E-state index contributed by atoms with van der Waals surface area (Å²) in [6.45, 7) is 4.67. The number of nitrogens with one attached hydrogen (secondary N) is 2. The van der Waals surface area contributed by atoms with Crippen molar-refractivity contribution in [3.8, 4) is 11.8 Å². The van der Waals surface area contributed by atoms with Gasteiger partial charge in [-0.05, 0) is 18.6 Å². The number of alkyl carbamates (subject to hydrolysis) is 1. The molecule has 0 saturated carbocycles. The lowest BCUT2D eigenvalue weighted by Gasteiger charge is -2.25. The molecular weight excluding hydrogens is 340 g/mol. The Kier molecular flexibility index (Phi) is 6.75. The monoisotopic (exact) mass is 366 g/mol. The molecule has 2 heterocycles. The lowest BCUT2D eigenvalue weighted by Crippen LogP contribution is -2.38. The number of ether oxygens (including phenoxy) is 1. The van der Waals surface area contributed by atoms with E-state index in [1.807, 2.05) is 41.2 Å². The van der Waals surface area contributed by atoms with Crippen molar-refractivity contribution in [1.29, 1.82) is 0 Å². The molecule has 0 bridgehead atoms. The number of anilines is 1. The molecule has 1 amide bonds. The first kappa shape index (κ1) is 18.8. The van der Waals surface area contributed by atoms with E-state index in [1.165, 1.54) is 0 Å². The van der Waals surface area contributed by atoms with Gasteiger partial charge in [-0.1, -0.05) is 43.4 Å². The second-order valence-corrected chi connectivity index (χ2v) is 6.66. The molecule has 1 aromatic carbocycles. The number of benzene rings is 1. The van der Waals surface area contributed by atoms with E-state index in [0.29, 0.717) is 19.6 Å². The summed E-state index contributed by atoms with van der Waals surface area (Å²) >= 11 is 0. The van der Waals surface area contributed by atoms with Crippen molar-refractivity contribution >= 4 is 11.9 Å². The van der Waals surface area contributed by atoms with Crippen molar-refractivity contribution in [3.05, 3.63) is 47.7 Å². The van der Waals surface area contributed by atoms with Crippen LogP contribution in [0, 0.1) is 17.8 Å². The highest BCUT2D eigenvalue weighted by atomic mass is 16.5. The zero-order chi connectivity index (χ0) is 18.9. The fourth-order valence-corrected chi connectivity index (χ4v) is 2.93. The SMILES string of the molecule is CCCCOC(=O)NCC1CNc2c(CC#Cc3ccccc3)cnn2C1. The van der Waals surface area contributed by atoms with Gasteiger partial charge in [-0.3, -0.25) is 0 Å². The Hall–Kier alpha value is -2.94. The maximum Gasteiger partial charge on any atom is 0.407 e. The Morgan fingerprint density at radius 2 is 2.26 bits per heavy atom. The number of unbranched alkanes of at least 4 members (excludes halogenated alkanes) is 1. The highest BCUT2D eigenvalue weighted by molar-refractivity contribution is 5.67. The van der Waals surface area contributed by atoms with Gasteiger partial charge in [0.1, 0.15) is 5.82 Å². The second kappa shape index (κ2) is 9.67. The van der Waals surface area contributed by atoms with Crippen LogP contribution in [0.2, 0.25) is 0 Å². The summed E-state index contributed by atoms with van der Waals surface area (Å²) in [5, 5.41) is 10.7. The molecule has 1 atom stereocenters. The summed E-state index contributed by atoms with van der Waals surface area (Å²) in [5.41, 5.74) is 2.12. The molecular formula is C21H26N4O2. The van der Waals surface area contributed by atoms with Gasteiger partial charge in [0.15, 0.2) is 0 Å². The van der Waals surface area contributed by atoms with Gasteiger partial charge < -0.3 is 15.4 Å². The number of hydrogen-bond donors (Lipinski definition) is 2. The predicted octanol–water partition coefficient (Wildman–Crippen LogP) is 3.05. The fourth-order valence-electron chi connectivity index (χ4n) is 2.93. The molecule has 1 unspecified atom stereocenters. The summed E-state index contributed by atoms with van der Waals surface area (Å²) in [6.07, 6.45) is 4.10. The van der Waals surface area contributed by atoms with Gasteiger partial charge in [0.05, 0.1) is 12.8 Å². The first-order valence-electron chi connectivity index (χ1n) is 9.49. The minimum absolute atomic E-state index is 0.277. The van der Waals surface area contributed by atoms with E-state index in [9.17, 15) is 4.79 Å². The van der Waals surface area contributed by atoms with Crippen LogP contribution in [0.4, 0.5) is 10.6 Å². The largest absolute Gasteiger partial charge is 0.450 e. The Balaban J connectivity index is 1.48. The second-order valence-electron chi connectivity index (χ2n) is 6.66. The number of amides is 1. The molecule has 6 heteroatoms. The van der Waals surface area contributed by atoms with Crippen molar-refractivity contribution < 1.29 is 9.53 Å². The number of rotatable bonds is 6. The van der Waals surface area contributed by atoms with Crippen molar-refractivity contribution in [2.75, 3.05) is 25.0 Å². The number of aromatic nitrogens is 2. The zero-order valence-corrected chi connectivity index (χ0v) is 15.7. The number of carbonyl (C=O) groups excluding carboxylic acids is 1. The van der Waals surface area contributed by atoms with Crippen LogP contribution in [0.1, 0.15) is 30.9 Å². The molecule has 2 N–H and O–H groups in total. The zero-order valence-electron chi connectivity index (χ0n) is 15.7. The predicted molar refractivity (Wildman–Crippen MR) is 105 cm³/mol. The molecule has 0 aliphatic carbocycles. The summed E-state index contributed by atoms with van der Waals surface area (Å²) in [7, 11) is 0. The first-order chi connectivity index (χ1) is 13.3. The average Bonchev–Trinajstić information content (AvgIpc) is 3.10. The normalized spacial score (nSPS) is 15.1. The highest BCUT2D eigenvalue weighted by Crippen LogP contribution is 2.21. The summed E-state index contributed by atoms with van der Waals surface area (Å²) in [6, 6.07) is 9.97. The number of nitrogens with zero attached hydrogens (tertiary/aromatic N) is 2. The summed E-state index contributed by atoms with van der Waals surface area (Å²) in [5.74, 6) is 7.69. The highest BCUT2D eigenvalue weighted by Gasteiger charge is 2.21. The van der Waals surface area contributed by atoms with Crippen molar-refractivity contribution in [2.45, 2.75) is 32.7 Å². The Morgan fingerprint density at radius 1 is 1.41 bits per heavy atom. The molecule has 1 aliphatic heterocycles. The van der Waals surface area contributed by atoms with E-state index in [4.69, 9.17) is 4.74 Å². The maximum atomic E-state index is 11.7. The van der Waals surface area contributed by atoms with Gasteiger partial charge in [-0.15, -0.1) is 0 Å². The topological polar surface area (TPSA) is 68.2 Å². The smallest absolute Gasteiger partial charge is 0.407 e. The van der Waals surface area contributed by atoms with E-state index in [-0.39, 0.29) is 12.0 Å². The van der Waals surface area contributed by atoms with Gasteiger partial charge in [-0.25, -0.2) is 9.48 Å². The molecule has 3 rings (SSSR count). The molecule has 142 valence electrons. The van der Waals surface area contributed by atoms with Crippen LogP contribution in [0.25, 0.3) is 0 Å².